The van der Waals surface area contributed by atoms with E-state index in [1.165, 1.54) is 0 Å². The second-order valence-electron chi connectivity index (χ2n) is 4.26. The molecule has 0 amide bonds. The lowest BCUT2D eigenvalue weighted by Crippen LogP contribution is -2.28. The topological polar surface area (TPSA) is 52.8 Å². The van der Waals surface area contributed by atoms with Crippen molar-refractivity contribution in [1.29, 1.82) is 0 Å². The van der Waals surface area contributed by atoms with Gasteiger partial charge in [0.1, 0.15) is 5.75 Å². The van der Waals surface area contributed by atoms with Gasteiger partial charge in [-0.05, 0) is 25.0 Å². The minimum Gasteiger partial charge on any atom is -0.507 e. The third kappa shape index (κ3) is 2.61. The van der Waals surface area contributed by atoms with Crippen LogP contribution >= 0.6 is 0 Å². The summed E-state index contributed by atoms with van der Waals surface area (Å²) in [5.74, 6) is 0.233. The molecule has 0 radical (unpaired) electrons. The number of hydrogen-bond donors (Lipinski definition) is 2. The number of benzene rings is 1. The first-order chi connectivity index (χ1) is 7.77. The highest BCUT2D eigenvalue weighted by atomic mass is 16.3. The number of nitrogens with zero attached hydrogens (tertiary/aromatic N) is 1. The van der Waals surface area contributed by atoms with Crippen LogP contribution in [0.4, 0.5) is 0 Å². The average Bonchev–Trinajstić information content (AvgIpc) is 2.30. The van der Waals surface area contributed by atoms with E-state index in [0.29, 0.717) is 5.56 Å². The monoisotopic (exact) mass is 219 g/mol. The first kappa shape index (κ1) is 11.1. The molecule has 3 heteroatoms. The molecule has 1 aromatic carbocycles. The van der Waals surface area contributed by atoms with Gasteiger partial charge in [0.2, 0.25) is 0 Å². The van der Waals surface area contributed by atoms with Crippen molar-refractivity contribution in [1.82, 2.24) is 0 Å². The van der Waals surface area contributed by atoms with Crippen LogP contribution in [0.2, 0.25) is 0 Å². The molecule has 0 heterocycles. The van der Waals surface area contributed by atoms with Crippen LogP contribution in [-0.4, -0.2) is 28.6 Å². The zero-order valence-electron chi connectivity index (χ0n) is 9.21. The smallest absolute Gasteiger partial charge is 0.124 e. The minimum absolute atomic E-state index is 0.00615. The van der Waals surface area contributed by atoms with Crippen molar-refractivity contribution < 1.29 is 10.2 Å². The van der Waals surface area contributed by atoms with Crippen LogP contribution in [0.3, 0.4) is 0 Å². The minimum atomic E-state index is -0.323. The lowest BCUT2D eigenvalue weighted by atomic mass is 9.93. The molecule has 0 aliphatic heterocycles. The zero-order valence-corrected chi connectivity index (χ0v) is 9.21. The molecular formula is C13H17NO2. The second kappa shape index (κ2) is 5.12. The van der Waals surface area contributed by atoms with Gasteiger partial charge in [-0.25, -0.2) is 0 Å². The fraction of sp³-hybridized carbons (Fsp3) is 0.462. The van der Waals surface area contributed by atoms with Gasteiger partial charge in [0.15, 0.2) is 0 Å². The van der Waals surface area contributed by atoms with E-state index >= 15 is 0 Å². The summed E-state index contributed by atoms with van der Waals surface area (Å²) in [5, 5.41) is 19.3. The summed E-state index contributed by atoms with van der Waals surface area (Å²) in [4.78, 5) is 4.36. The van der Waals surface area contributed by atoms with Gasteiger partial charge in [0.25, 0.3) is 0 Å². The van der Waals surface area contributed by atoms with Crippen molar-refractivity contribution in [2.24, 2.45) is 4.99 Å². The summed E-state index contributed by atoms with van der Waals surface area (Å²) in [5.41, 5.74) is 0.709. The number of aliphatic hydroxyl groups is 1. The normalized spacial score (nSPS) is 26.1. The fourth-order valence-corrected chi connectivity index (χ4v) is 2.04. The van der Waals surface area contributed by atoms with E-state index in [2.05, 4.69) is 4.99 Å². The molecule has 0 spiro atoms. The van der Waals surface area contributed by atoms with Crippen LogP contribution in [-0.2, 0) is 0 Å². The highest BCUT2D eigenvalue weighted by Gasteiger charge is 2.21. The van der Waals surface area contributed by atoms with Gasteiger partial charge in [0, 0.05) is 11.8 Å². The Labute approximate surface area is 95.5 Å². The van der Waals surface area contributed by atoms with E-state index in [-0.39, 0.29) is 17.9 Å². The first-order valence-corrected chi connectivity index (χ1v) is 5.76. The molecule has 1 aliphatic carbocycles. The highest BCUT2D eigenvalue weighted by molar-refractivity contribution is 5.83. The SMILES string of the molecule is Oc1ccccc1C=NC1CCCCC1O. The molecular weight excluding hydrogens is 202 g/mol. The van der Waals surface area contributed by atoms with E-state index in [4.69, 9.17) is 0 Å². The maximum Gasteiger partial charge on any atom is 0.124 e. The van der Waals surface area contributed by atoms with Crippen molar-refractivity contribution in [2.75, 3.05) is 0 Å². The Morgan fingerprint density at radius 2 is 1.94 bits per heavy atom. The Morgan fingerprint density at radius 3 is 2.69 bits per heavy atom. The summed E-state index contributed by atoms with van der Waals surface area (Å²) in [6, 6.07) is 7.08. The third-order valence-corrected chi connectivity index (χ3v) is 3.04. The van der Waals surface area contributed by atoms with Crippen LogP contribution in [0, 0.1) is 0 Å². The fourth-order valence-electron chi connectivity index (χ4n) is 2.04. The maximum absolute atomic E-state index is 9.74. The van der Waals surface area contributed by atoms with Gasteiger partial charge in [-0.1, -0.05) is 25.0 Å². The van der Waals surface area contributed by atoms with Crippen molar-refractivity contribution in [3.8, 4) is 5.75 Å². The Hall–Kier alpha value is -1.35. The standard InChI is InChI=1S/C13H17NO2/c15-12-7-3-1-5-10(12)9-14-11-6-2-4-8-13(11)16/h1,3,5,7,9,11,13,15-16H,2,4,6,8H2. The molecule has 0 aromatic heterocycles. The van der Waals surface area contributed by atoms with Gasteiger partial charge < -0.3 is 10.2 Å². The van der Waals surface area contributed by atoms with Crippen molar-refractivity contribution in [2.45, 2.75) is 37.8 Å². The maximum atomic E-state index is 9.74. The predicted octanol–water partition coefficient (Wildman–Crippen LogP) is 2.11. The number of phenols is 1. The van der Waals surface area contributed by atoms with Crippen molar-refractivity contribution in [3.63, 3.8) is 0 Å². The Kier molecular flexibility index (Phi) is 3.57. The van der Waals surface area contributed by atoms with Crippen LogP contribution in [0.25, 0.3) is 0 Å². The average molecular weight is 219 g/mol. The summed E-state index contributed by atoms with van der Waals surface area (Å²) >= 11 is 0. The van der Waals surface area contributed by atoms with Crippen LogP contribution < -0.4 is 0 Å². The first-order valence-electron chi connectivity index (χ1n) is 5.76. The number of para-hydroxylation sites is 1. The predicted molar refractivity (Wildman–Crippen MR) is 64.0 cm³/mol. The molecule has 3 nitrogen and oxygen atoms in total. The summed E-state index contributed by atoms with van der Waals surface area (Å²) in [6.07, 6.45) is 5.32. The number of hydrogen-bond acceptors (Lipinski definition) is 3. The van der Waals surface area contributed by atoms with Gasteiger partial charge in [0.05, 0.1) is 12.1 Å². The number of aliphatic hydroxyl groups excluding tert-OH is 1. The van der Waals surface area contributed by atoms with Crippen LogP contribution in [0.1, 0.15) is 31.2 Å². The van der Waals surface area contributed by atoms with Gasteiger partial charge >= 0.3 is 0 Å². The molecule has 0 bridgehead atoms. The summed E-state index contributed by atoms with van der Waals surface area (Å²) in [7, 11) is 0. The third-order valence-electron chi connectivity index (χ3n) is 3.04. The lowest BCUT2D eigenvalue weighted by molar-refractivity contribution is 0.110. The van der Waals surface area contributed by atoms with E-state index in [1.807, 2.05) is 12.1 Å². The molecule has 0 saturated heterocycles. The van der Waals surface area contributed by atoms with Gasteiger partial charge in [-0.2, -0.15) is 0 Å². The van der Waals surface area contributed by atoms with Gasteiger partial charge in [-0.3, -0.25) is 4.99 Å². The van der Waals surface area contributed by atoms with Gasteiger partial charge in [-0.15, -0.1) is 0 Å². The number of aromatic hydroxyl groups is 1. The van der Waals surface area contributed by atoms with E-state index < -0.39 is 0 Å². The van der Waals surface area contributed by atoms with E-state index in [0.717, 1.165) is 25.7 Å². The van der Waals surface area contributed by atoms with Crippen molar-refractivity contribution >= 4 is 6.21 Å². The summed E-state index contributed by atoms with van der Waals surface area (Å²) in [6.45, 7) is 0. The lowest BCUT2D eigenvalue weighted by Gasteiger charge is -2.23. The van der Waals surface area contributed by atoms with Crippen LogP contribution in [0.15, 0.2) is 29.3 Å². The number of rotatable bonds is 2. The van der Waals surface area contributed by atoms with Crippen LogP contribution in [0.5, 0.6) is 5.75 Å². The molecule has 2 N–H and O–H groups in total. The quantitative estimate of drug-likeness (QED) is 0.748. The molecule has 86 valence electrons. The molecule has 2 unspecified atom stereocenters. The molecule has 1 aliphatic rings. The largest absolute Gasteiger partial charge is 0.507 e. The van der Waals surface area contributed by atoms with E-state index in [9.17, 15) is 10.2 Å². The molecule has 2 atom stereocenters. The number of phenolic OH excluding ortho intramolecular Hbond substituents is 1. The molecule has 2 rings (SSSR count). The molecule has 1 saturated carbocycles. The van der Waals surface area contributed by atoms with Crippen molar-refractivity contribution in [3.05, 3.63) is 29.8 Å². The second-order valence-corrected chi connectivity index (χ2v) is 4.26. The van der Waals surface area contributed by atoms with E-state index in [1.54, 1.807) is 18.3 Å². The molecule has 1 fully saturated rings. The Balaban J connectivity index is 2.06. The zero-order chi connectivity index (χ0) is 11.4. The molecule has 16 heavy (non-hydrogen) atoms. The highest BCUT2D eigenvalue weighted by Crippen LogP contribution is 2.21. The Morgan fingerprint density at radius 1 is 1.19 bits per heavy atom. The summed E-state index contributed by atoms with van der Waals surface area (Å²) < 4.78 is 0. The Bertz CT molecular complexity index is 376. The molecule has 1 aromatic rings. The number of aliphatic imine (C=N–C) groups is 1.